The summed E-state index contributed by atoms with van der Waals surface area (Å²) in [6.45, 7) is 0.471. The maximum Gasteiger partial charge on any atom is 0.272 e. The Morgan fingerprint density at radius 1 is 1.03 bits per heavy atom. The van der Waals surface area contributed by atoms with Crippen molar-refractivity contribution in [1.82, 2.24) is 30.2 Å². The molecule has 3 N–H and O–H groups in total. The zero-order valence-corrected chi connectivity index (χ0v) is 17.5. The maximum atomic E-state index is 13.0. The number of aromatic nitrogens is 5. The number of rotatable bonds is 8. The molecule has 3 heterocycles. The summed E-state index contributed by atoms with van der Waals surface area (Å²) in [6.07, 6.45) is 9.48. The fourth-order valence-corrected chi connectivity index (χ4v) is 3.50. The number of imidazole rings is 1. The molecule has 3 aromatic heterocycles. The predicted molar refractivity (Wildman–Crippen MR) is 122 cm³/mol. The van der Waals surface area contributed by atoms with Crippen molar-refractivity contribution in [1.29, 1.82) is 0 Å². The topological polar surface area (TPSA) is 108 Å². The number of nitrogens with one attached hydrogen (secondary N) is 3. The quantitative estimate of drug-likeness (QED) is 0.396. The van der Waals surface area contributed by atoms with Crippen LogP contribution in [-0.2, 0) is 6.42 Å². The molecule has 160 valence electrons. The van der Waals surface area contributed by atoms with Crippen molar-refractivity contribution >= 4 is 17.3 Å². The molecule has 1 fully saturated rings. The van der Waals surface area contributed by atoms with Gasteiger partial charge < -0.3 is 15.6 Å². The van der Waals surface area contributed by atoms with Crippen LogP contribution in [0.25, 0.3) is 11.4 Å². The van der Waals surface area contributed by atoms with Crippen molar-refractivity contribution in [3.8, 4) is 11.4 Å². The number of hydrogen-bond acceptors (Lipinski definition) is 6. The smallest absolute Gasteiger partial charge is 0.272 e. The zero-order valence-electron chi connectivity index (χ0n) is 17.5. The number of anilines is 2. The summed E-state index contributed by atoms with van der Waals surface area (Å²) >= 11 is 0. The number of carbonyl (C=O) groups is 1. The summed E-state index contributed by atoms with van der Waals surface area (Å²) in [5.74, 6) is 1.06. The lowest BCUT2D eigenvalue weighted by Gasteiger charge is -2.12. The molecule has 0 saturated heterocycles. The second-order valence-electron chi connectivity index (χ2n) is 7.79. The molecule has 0 unspecified atom stereocenters. The highest BCUT2D eigenvalue weighted by Crippen LogP contribution is 2.39. The van der Waals surface area contributed by atoms with Crippen molar-refractivity contribution in [2.24, 2.45) is 0 Å². The summed E-state index contributed by atoms with van der Waals surface area (Å²) < 4.78 is 0. The van der Waals surface area contributed by atoms with E-state index >= 15 is 0 Å². The van der Waals surface area contributed by atoms with Crippen molar-refractivity contribution in [2.45, 2.75) is 25.2 Å². The number of aromatic amines is 1. The van der Waals surface area contributed by atoms with E-state index in [4.69, 9.17) is 0 Å². The first-order chi connectivity index (χ1) is 15.8. The lowest BCUT2D eigenvalue weighted by atomic mass is 10.2. The Hall–Kier alpha value is -4.07. The molecule has 0 aliphatic heterocycles. The molecule has 32 heavy (non-hydrogen) atoms. The third kappa shape index (κ3) is 4.64. The molecule has 0 bridgehead atoms. The number of H-pyrrole nitrogens is 1. The third-order valence-electron chi connectivity index (χ3n) is 5.32. The van der Waals surface area contributed by atoms with Gasteiger partial charge in [0.2, 0.25) is 0 Å². The monoisotopic (exact) mass is 425 g/mol. The average Bonchev–Trinajstić information content (AvgIpc) is 3.58. The van der Waals surface area contributed by atoms with Crippen molar-refractivity contribution < 1.29 is 4.79 Å². The lowest BCUT2D eigenvalue weighted by molar-refractivity contribution is 0.0950. The first kappa shape index (κ1) is 19.9. The Balaban J connectivity index is 1.26. The summed E-state index contributed by atoms with van der Waals surface area (Å²) in [7, 11) is 0. The van der Waals surface area contributed by atoms with Gasteiger partial charge >= 0.3 is 0 Å². The molecule has 8 nitrogen and oxygen atoms in total. The van der Waals surface area contributed by atoms with Crippen LogP contribution in [0.2, 0.25) is 0 Å². The third-order valence-corrected chi connectivity index (χ3v) is 5.32. The summed E-state index contributed by atoms with van der Waals surface area (Å²) in [5, 5.41) is 6.19. The summed E-state index contributed by atoms with van der Waals surface area (Å²) in [4.78, 5) is 33.4. The van der Waals surface area contributed by atoms with Gasteiger partial charge in [-0.05, 0) is 25.0 Å². The van der Waals surface area contributed by atoms with E-state index in [0.717, 1.165) is 35.6 Å². The highest BCUT2D eigenvalue weighted by Gasteiger charge is 2.27. The van der Waals surface area contributed by atoms with Crippen LogP contribution >= 0.6 is 0 Å². The van der Waals surface area contributed by atoms with Crippen LogP contribution in [0, 0.1) is 0 Å². The van der Waals surface area contributed by atoms with Crippen molar-refractivity contribution in [3.63, 3.8) is 0 Å². The van der Waals surface area contributed by atoms with Crippen molar-refractivity contribution in [3.05, 3.63) is 84.5 Å². The van der Waals surface area contributed by atoms with Crippen LogP contribution in [0.3, 0.4) is 0 Å². The zero-order chi connectivity index (χ0) is 21.8. The van der Waals surface area contributed by atoms with Crippen LogP contribution in [0.15, 0.2) is 67.4 Å². The van der Waals surface area contributed by atoms with Crippen LogP contribution in [-0.4, -0.2) is 37.4 Å². The molecule has 1 amide bonds. The molecule has 1 aromatic carbocycles. The van der Waals surface area contributed by atoms with Crippen LogP contribution in [0.4, 0.5) is 11.4 Å². The van der Waals surface area contributed by atoms with Gasteiger partial charge in [-0.3, -0.25) is 4.79 Å². The number of nitrogens with zero attached hydrogens (tertiary/aromatic N) is 4. The predicted octanol–water partition coefficient (Wildman–Crippen LogP) is 3.86. The fraction of sp³-hybridized carbons (Fsp3) is 0.208. The Kier molecular flexibility index (Phi) is 5.57. The van der Waals surface area contributed by atoms with E-state index in [1.165, 1.54) is 6.33 Å². The Morgan fingerprint density at radius 2 is 1.84 bits per heavy atom. The molecule has 1 aliphatic carbocycles. The summed E-state index contributed by atoms with van der Waals surface area (Å²) in [5.41, 5.74) is 4.68. The Labute approximate surface area is 185 Å². The van der Waals surface area contributed by atoms with Gasteiger partial charge in [0.25, 0.3) is 5.91 Å². The van der Waals surface area contributed by atoms with E-state index in [1.54, 1.807) is 12.4 Å². The van der Waals surface area contributed by atoms with E-state index in [-0.39, 0.29) is 5.91 Å². The molecule has 0 spiro atoms. The van der Waals surface area contributed by atoms with E-state index < -0.39 is 0 Å². The van der Waals surface area contributed by atoms with Crippen LogP contribution in [0.1, 0.15) is 40.6 Å². The highest BCUT2D eigenvalue weighted by molar-refractivity contribution is 5.98. The maximum absolute atomic E-state index is 13.0. The SMILES string of the molecule is O=C(NCCc1cnc(-c2ccccc2)[nH]1)c1nc(C2CC2)ccc1Nc1cncnc1. The minimum atomic E-state index is -0.213. The molecule has 0 atom stereocenters. The number of pyridine rings is 1. The van der Waals surface area contributed by atoms with Gasteiger partial charge in [0.05, 0.1) is 23.8 Å². The summed E-state index contributed by atoms with van der Waals surface area (Å²) in [6, 6.07) is 13.8. The molecule has 1 aliphatic rings. The molecule has 8 heteroatoms. The number of amides is 1. The molecule has 0 radical (unpaired) electrons. The number of benzene rings is 1. The number of carbonyl (C=O) groups excluding carboxylic acids is 1. The Bertz CT molecular complexity index is 1200. The standard InChI is InChI=1S/C24H23N7O/c32-24(27-11-10-18-14-28-23(30-18)17-4-2-1-3-5-17)22-21(29-19-12-25-15-26-13-19)9-8-20(31-22)16-6-7-16/h1-5,8-9,12-16,29H,6-7,10-11H2,(H,27,32)(H,28,30). The molecule has 1 saturated carbocycles. The lowest BCUT2D eigenvalue weighted by Crippen LogP contribution is -2.27. The second kappa shape index (κ2) is 8.97. The van der Waals surface area contributed by atoms with Gasteiger partial charge in [-0.25, -0.2) is 19.9 Å². The highest BCUT2D eigenvalue weighted by atomic mass is 16.1. The normalized spacial score (nSPS) is 13.0. The number of hydrogen-bond donors (Lipinski definition) is 3. The van der Waals surface area contributed by atoms with Crippen LogP contribution < -0.4 is 10.6 Å². The van der Waals surface area contributed by atoms with Gasteiger partial charge in [0.15, 0.2) is 5.69 Å². The minimum absolute atomic E-state index is 0.213. The molecule has 4 aromatic rings. The first-order valence-corrected chi connectivity index (χ1v) is 10.7. The van der Waals surface area contributed by atoms with E-state index in [1.807, 2.05) is 48.7 Å². The van der Waals surface area contributed by atoms with Gasteiger partial charge in [-0.1, -0.05) is 30.3 Å². The van der Waals surface area contributed by atoms with Gasteiger partial charge in [0.1, 0.15) is 12.2 Å². The van der Waals surface area contributed by atoms with E-state index in [0.29, 0.717) is 36.0 Å². The van der Waals surface area contributed by atoms with Crippen LogP contribution in [0.5, 0.6) is 0 Å². The van der Waals surface area contributed by atoms with Gasteiger partial charge in [-0.2, -0.15) is 0 Å². The van der Waals surface area contributed by atoms with E-state index in [2.05, 4.69) is 35.6 Å². The van der Waals surface area contributed by atoms with Gasteiger partial charge in [0, 0.05) is 42.0 Å². The second-order valence-corrected chi connectivity index (χ2v) is 7.79. The molecular weight excluding hydrogens is 402 g/mol. The first-order valence-electron chi connectivity index (χ1n) is 10.7. The fourth-order valence-electron chi connectivity index (χ4n) is 3.50. The largest absolute Gasteiger partial charge is 0.351 e. The van der Waals surface area contributed by atoms with Gasteiger partial charge in [-0.15, -0.1) is 0 Å². The molecule has 5 rings (SSSR count). The Morgan fingerprint density at radius 3 is 2.62 bits per heavy atom. The van der Waals surface area contributed by atoms with Crippen molar-refractivity contribution in [2.75, 3.05) is 11.9 Å². The average molecular weight is 425 g/mol. The van der Waals surface area contributed by atoms with E-state index in [9.17, 15) is 4.79 Å². The molecular formula is C24H23N7O. The minimum Gasteiger partial charge on any atom is -0.351 e.